The SMILES string of the molecule is CS(=O)(=O)Nc1ccc(C2=NN(C(=O)CCCC(=O)O)[C@@H](c3cccs3)C2)cc1. The Morgan fingerprint density at radius 2 is 1.97 bits per heavy atom. The largest absolute Gasteiger partial charge is 0.481 e. The number of nitrogens with one attached hydrogen (secondary N) is 1. The van der Waals surface area contributed by atoms with Crippen LogP contribution >= 0.6 is 11.3 Å². The normalized spacial score (nSPS) is 16.5. The Labute approximate surface area is 172 Å². The highest BCUT2D eigenvalue weighted by Crippen LogP contribution is 2.35. The molecule has 2 heterocycles. The summed E-state index contributed by atoms with van der Waals surface area (Å²) in [6.45, 7) is 0. The molecule has 29 heavy (non-hydrogen) atoms. The van der Waals surface area contributed by atoms with Crippen molar-refractivity contribution in [2.45, 2.75) is 31.7 Å². The summed E-state index contributed by atoms with van der Waals surface area (Å²) in [5, 5.41) is 16.7. The molecule has 10 heteroatoms. The first-order chi connectivity index (χ1) is 13.7. The van der Waals surface area contributed by atoms with Gasteiger partial charge in [-0.05, 0) is 35.6 Å². The minimum Gasteiger partial charge on any atom is -0.481 e. The second-order valence-electron chi connectivity index (χ2n) is 6.72. The van der Waals surface area contributed by atoms with Gasteiger partial charge in [-0.2, -0.15) is 5.10 Å². The highest BCUT2D eigenvalue weighted by Gasteiger charge is 2.33. The number of sulfonamides is 1. The zero-order valence-electron chi connectivity index (χ0n) is 15.7. The molecule has 0 aliphatic carbocycles. The van der Waals surface area contributed by atoms with Gasteiger partial charge in [0.2, 0.25) is 15.9 Å². The van der Waals surface area contributed by atoms with E-state index in [2.05, 4.69) is 9.82 Å². The number of hydrazone groups is 1. The van der Waals surface area contributed by atoms with Crippen molar-refractivity contribution in [3.63, 3.8) is 0 Å². The number of carboxylic acid groups (broad SMARTS) is 1. The van der Waals surface area contributed by atoms with Gasteiger partial charge in [-0.25, -0.2) is 13.4 Å². The standard InChI is InChI=1S/C19H21N3O5S2/c1-29(26,27)21-14-9-7-13(8-10-14)15-12-16(17-4-3-11-28-17)22(20-15)18(23)5-2-6-19(24)25/h3-4,7-11,16,21H,2,5-6,12H2,1H3,(H,24,25)/t16-/m1/s1. The fourth-order valence-electron chi connectivity index (χ4n) is 3.07. The van der Waals surface area contributed by atoms with Crippen molar-refractivity contribution in [1.29, 1.82) is 0 Å². The zero-order valence-corrected chi connectivity index (χ0v) is 17.4. The molecule has 1 aromatic carbocycles. The third-order valence-electron chi connectivity index (χ3n) is 4.34. The Morgan fingerprint density at radius 3 is 2.55 bits per heavy atom. The average molecular weight is 436 g/mol. The van der Waals surface area contributed by atoms with Crippen LogP contribution in [0.25, 0.3) is 0 Å². The van der Waals surface area contributed by atoms with E-state index in [1.165, 1.54) is 16.3 Å². The average Bonchev–Trinajstić information content (AvgIpc) is 3.30. The maximum absolute atomic E-state index is 12.7. The van der Waals surface area contributed by atoms with Crippen molar-refractivity contribution in [1.82, 2.24) is 5.01 Å². The summed E-state index contributed by atoms with van der Waals surface area (Å²) in [4.78, 5) is 24.4. The number of aliphatic carboxylic acids is 1. The summed E-state index contributed by atoms with van der Waals surface area (Å²) in [6, 6.07) is 10.5. The Bertz CT molecular complexity index is 1010. The molecular weight excluding hydrogens is 414 g/mol. The Kier molecular flexibility index (Phi) is 6.33. The van der Waals surface area contributed by atoms with Gasteiger partial charge in [0, 0.05) is 29.8 Å². The van der Waals surface area contributed by atoms with Gasteiger partial charge >= 0.3 is 5.97 Å². The van der Waals surface area contributed by atoms with E-state index in [-0.39, 0.29) is 31.2 Å². The molecule has 0 radical (unpaired) electrons. The molecule has 0 fully saturated rings. The number of thiophene rings is 1. The number of carbonyl (C=O) groups excluding carboxylic acids is 1. The fourth-order valence-corrected chi connectivity index (χ4v) is 4.44. The van der Waals surface area contributed by atoms with Crippen LogP contribution < -0.4 is 4.72 Å². The van der Waals surface area contributed by atoms with E-state index < -0.39 is 16.0 Å². The predicted molar refractivity (Wildman–Crippen MR) is 111 cm³/mol. The summed E-state index contributed by atoms with van der Waals surface area (Å²) in [7, 11) is -3.36. The number of carboxylic acids is 1. The van der Waals surface area contributed by atoms with E-state index in [1.807, 2.05) is 17.5 Å². The number of rotatable bonds is 8. The molecule has 154 valence electrons. The van der Waals surface area contributed by atoms with Crippen LogP contribution in [0.3, 0.4) is 0 Å². The minimum absolute atomic E-state index is 0.0609. The van der Waals surface area contributed by atoms with Crippen LogP contribution in [0.1, 0.15) is 42.2 Å². The lowest BCUT2D eigenvalue weighted by atomic mass is 10.0. The molecule has 8 nitrogen and oxygen atoms in total. The lowest BCUT2D eigenvalue weighted by Crippen LogP contribution is -2.26. The number of hydrogen-bond donors (Lipinski definition) is 2. The van der Waals surface area contributed by atoms with Crippen LogP contribution in [0.2, 0.25) is 0 Å². The van der Waals surface area contributed by atoms with Gasteiger partial charge in [-0.15, -0.1) is 11.3 Å². The molecule has 2 N–H and O–H groups in total. The van der Waals surface area contributed by atoms with Crippen LogP contribution in [-0.4, -0.2) is 42.4 Å². The number of amides is 1. The first-order valence-electron chi connectivity index (χ1n) is 8.96. The van der Waals surface area contributed by atoms with Gasteiger partial charge in [-0.3, -0.25) is 14.3 Å². The molecule has 0 saturated heterocycles. The monoisotopic (exact) mass is 435 g/mol. The van der Waals surface area contributed by atoms with Crippen LogP contribution in [-0.2, 0) is 19.6 Å². The third-order valence-corrected chi connectivity index (χ3v) is 5.92. The molecular formula is C19H21N3O5S2. The number of hydrogen-bond acceptors (Lipinski definition) is 6. The predicted octanol–water partition coefficient (Wildman–Crippen LogP) is 3.05. The first-order valence-corrected chi connectivity index (χ1v) is 11.7. The molecule has 1 aliphatic heterocycles. The summed E-state index contributed by atoms with van der Waals surface area (Å²) in [5.74, 6) is -1.14. The highest BCUT2D eigenvalue weighted by molar-refractivity contribution is 7.92. The van der Waals surface area contributed by atoms with Gasteiger partial charge in [0.1, 0.15) is 0 Å². The third kappa shape index (κ3) is 5.64. The zero-order chi connectivity index (χ0) is 21.0. The number of benzene rings is 1. The topological polar surface area (TPSA) is 116 Å². The molecule has 0 bridgehead atoms. The van der Waals surface area contributed by atoms with E-state index >= 15 is 0 Å². The maximum atomic E-state index is 12.7. The molecule has 3 rings (SSSR count). The maximum Gasteiger partial charge on any atom is 0.303 e. The van der Waals surface area contributed by atoms with Gasteiger partial charge in [0.15, 0.2) is 0 Å². The second kappa shape index (κ2) is 8.75. The molecule has 1 aromatic heterocycles. The Morgan fingerprint density at radius 1 is 1.24 bits per heavy atom. The van der Waals surface area contributed by atoms with Crippen molar-refractivity contribution < 1.29 is 23.1 Å². The number of carbonyl (C=O) groups is 2. The van der Waals surface area contributed by atoms with Crippen molar-refractivity contribution >= 4 is 44.6 Å². The lowest BCUT2D eigenvalue weighted by Gasteiger charge is -2.20. The molecule has 1 amide bonds. The van der Waals surface area contributed by atoms with Crippen LogP contribution in [0.4, 0.5) is 5.69 Å². The van der Waals surface area contributed by atoms with E-state index in [1.54, 1.807) is 24.3 Å². The number of nitrogens with zero attached hydrogens (tertiary/aromatic N) is 2. The highest BCUT2D eigenvalue weighted by atomic mass is 32.2. The van der Waals surface area contributed by atoms with Gasteiger partial charge in [0.25, 0.3) is 0 Å². The van der Waals surface area contributed by atoms with Crippen molar-refractivity contribution in [2.75, 3.05) is 11.0 Å². The summed E-state index contributed by atoms with van der Waals surface area (Å²) >= 11 is 1.54. The van der Waals surface area contributed by atoms with E-state index in [9.17, 15) is 18.0 Å². The Hall–Kier alpha value is -2.72. The lowest BCUT2D eigenvalue weighted by molar-refractivity contribution is -0.137. The first kappa shape index (κ1) is 21.0. The second-order valence-corrected chi connectivity index (χ2v) is 9.45. The summed E-state index contributed by atoms with van der Waals surface area (Å²) < 4.78 is 25.1. The van der Waals surface area contributed by atoms with E-state index in [0.717, 1.165) is 22.4 Å². The van der Waals surface area contributed by atoms with Crippen LogP contribution in [0, 0.1) is 0 Å². The minimum atomic E-state index is -3.36. The summed E-state index contributed by atoms with van der Waals surface area (Å²) in [6.07, 6.45) is 1.93. The van der Waals surface area contributed by atoms with Gasteiger partial charge in [-0.1, -0.05) is 18.2 Å². The quantitative estimate of drug-likeness (QED) is 0.661. The van der Waals surface area contributed by atoms with E-state index in [0.29, 0.717) is 12.1 Å². The Balaban J connectivity index is 1.79. The van der Waals surface area contributed by atoms with Gasteiger partial charge in [0.05, 0.1) is 18.0 Å². The molecule has 1 aliphatic rings. The molecule has 0 saturated carbocycles. The fraction of sp³-hybridized carbons (Fsp3) is 0.316. The molecule has 1 atom stereocenters. The van der Waals surface area contributed by atoms with Crippen LogP contribution in [0.15, 0.2) is 46.9 Å². The van der Waals surface area contributed by atoms with Crippen LogP contribution in [0.5, 0.6) is 0 Å². The molecule has 0 unspecified atom stereocenters. The molecule has 2 aromatic rings. The number of anilines is 1. The van der Waals surface area contributed by atoms with Crippen molar-refractivity contribution in [3.05, 3.63) is 52.2 Å². The van der Waals surface area contributed by atoms with Gasteiger partial charge < -0.3 is 5.11 Å². The molecule has 0 spiro atoms. The smallest absolute Gasteiger partial charge is 0.303 e. The van der Waals surface area contributed by atoms with Crippen molar-refractivity contribution in [3.8, 4) is 0 Å². The van der Waals surface area contributed by atoms with Crippen molar-refractivity contribution in [2.24, 2.45) is 5.10 Å². The van der Waals surface area contributed by atoms with E-state index in [4.69, 9.17) is 5.11 Å². The summed E-state index contributed by atoms with van der Waals surface area (Å²) in [5.41, 5.74) is 1.97.